The molecule has 0 aliphatic carbocycles. The molecule has 0 aromatic carbocycles. The monoisotopic (exact) mass is 278 g/mol. The minimum Gasteiger partial charge on any atom is -0.370 e. The van der Waals surface area contributed by atoms with Gasteiger partial charge >= 0.3 is 0 Å². The SMILES string of the molecule is CCNc1nc(C(C)C)nc(NCCC(C)(C)C)c1C. The molecule has 1 aromatic heterocycles. The van der Waals surface area contributed by atoms with E-state index in [9.17, 15) is 0 Å². The Balaban J connectivity index is 2.92. The maximum Gasteiger partial charge on any atom is 0.135 e. The Morgan fingerprint density at radius 2 is 1.60 bits per heavy atom. The summed E-state index contributed by atoms with van der Waals surface area (Å²) in [7, 11) is 0. The highest BCUT2D eigenvalue weighted by Crippen LogP contribution is 2.24. The smallest absolute Gasteiger partial charge is 0.135 e. The van der Waals surface area contributed by atoms with Crippen molar-refractivity contribution in [3.8, 4) is 0 Å². The highest BCUT2D eigenvalue weighted by atomic mass is 15.1. The van der Waals surface area contributed by atoms with Crippen LogP contribution in [-0.4, -0.2) is 23.1 Å². The van der Waals surface area contributed by atoms with Gasteiger partial charge in [-0.3, -0.25) is 0 Å². The molecule has 0 aliphatic rings. The van der Waals surface area contributed by atoms with E-state index in [1.807, 2.05) is 0 Å². The Bertz CT molecular complexity index is 433. The van der Waals surface area contributed by atoms with E-state index < -0.39 is 0 Å². The average molecular weight is 278 g/mol. The Morgan fingerprint density at radius 3 is 2.05 bits per heavy atom. The summed E-state index contributed by atoms with van der Waals surface area (Å²) in [5.74, 6) is 3.13. The first-order valence-corrected chi connectivity index (χ1v) is 7.61. The van der Waals surface area contributed by atoms with Crippen molar-refractivity contribution in [3.63, 3.8) is 0 Å². The second-order valence-corrected chi connectivity index (χ2v) is 6.83. The third-order valence-electron chi connectivity index (χ3n) is 3.19. The van der Waals surface area contributed by atoms with Crippen LogP contribution >= 0.6 is 0 Å². The molecule has 20 heavy (non-hydrogen) atoms. The molecule has 0 saturated heterocycles. The lowest BCUT2D eigenvalue weighted by atomic mass is 9.92. The zero-order valence-electron chi connectivity index (χ0n) is 14.1. The predicted octanol–water partition coefficient (Wildman–Crippen LogP) is 4.19. The first-order valence-electron chi connectivity index (χ1n) is 7.61. The van der Waals surface area contributed by atoms with Crippen molar-refractivity contribution in [1.82, 2.24) is 9.97 Å². The van der Waals surface area contributed by atoms with E-state index in [0.29, 0.717) is 11.3 Å². The number of aromatic nitrogens is 2. The van der Waals surface area contributed by atoms with Crippen molar-refractivity contribution in [2.24, 2.45) is 5.41 Å². The number of nitrogens with zero attached hydrogens (tertiary/aromatic N) is 2. The van der Waals surface area contributed by atoms with Gasteiger partial charge in [-0.1, -0.05) is 34.6 Å². The van der Waals surface area contributed by atoms with E-state index in [0.717, 1.165) is 42.5 Å². The molecule has 1 rings (SSSR count). The van der Waals surface area contributed by atoms with Crippen LogP contribution < -0.4 is 10.6 Å². The van der Waals surface area contributed by atoms with E-state index >= 15 is 0 Å². The third-order valence-corrected chi connectivity index (χ3v) is 3.19. The van der Waals surface area contributed by atoms with E-state index in [2.05, 4.69) is 69.1 Å². The van der Waals surface area contributed by atoms with Gasteiger partial charge in [0, 0.05) is 24.6 Å². The van der Waals surface area contributed by atoms with E-state index in [1.165, 1.54) is 0 Å². The van der Waals surface area contributed by atoms with Crippen LogP contribution in [-0.2, 0) is 0 Å². The summed E-state index contributed by atoms with van der Waals surface area (Å²) in [5, 5.41) is 6.80. The van der Waals surface area contributed by atoms with Gasteiger partial charge in [-0.15, -0.1) is 0 Å². The van der Waals surface area contributed by atoms with Crippen LogP contribution in [0.1, 0.15) is 65.3 Å². The van der Waals surface area contributed by atoms with Gasteiger partial charge in [0.25, 0.3) is 0 Å². The number of rotatable bonds is 6. The molecule has 0 fully saturated rings. The first kappa shape index (κ1) is 16.7. The summed E-state index contributed by atoms with van der Waals surface area (Å²) in [6, 6.07) is 0. The predicted molar refractivity (Wildman–Crippen MR) is 87.6 cm³/mol. The summed E-state index contributed by atoms with van der Waals surface area (Å²) < 4.78 is 0. The fourth-order valence-electron chi connectivity index (χ4n) is 1.86. The van der Waals surface area contributed by atoms with Gasteiger partial charge in [0.15, 0.2) is 0 Å². The second-order valence-electron chi connectivity index (χ2n) is 6.83. The van der Waals surface area contributed by atoms with Crippen LogP contribution in [0.2, 0.25) is 0 Å². The molecular weight excluding hydrogens is 248 g/mol. The van der Waals surface area contributed by atoms with Gasteiger partial charge < -0.3 is 10.6 Å². The number of nitrogens with one attached hydrogen (secondary N) is 2. The van der Waals surface area contributed by atoms with Gasteiger partial charge in [0.2, 0.25) is 0 Å². The highest BCUT2D eigenvalue weighted by molar-refractivity contribution is 5.57. The van der Waals surface area contributed by atoms with Crippen molar-refractivity contribution in [2.75, 3.05) is 23.7 Å². The van der Waals surface area contributed by atoms with Crippen LogP contribution in [0.5, 0.6) is 0 Å². The van der Waals surface area contributed by atoms with Crippen molar-refractivity contribution in [1.29, 1.82) is 0 Å². The standard InChI is InChI=1S/C16H30N4/c1-8-17-14-12(4)15(18-10-9-16(5,6)7)20-13(19-14)11(2)3/h11H,8-10H2,1-7H3,(H2,17,18,19,20). The topological polar surface area (TPSA) is 49.8 Å². The fraction of sp³-hybridized carbons (Fsp3) is 0.750. The van der Waals surface area contributed by atoms with E-state index in [1.54, 1.807) is 0 Å². The Labute approximate surface area is 123 Å². The molecule has 0 saturated carbocycles. The largest absolute Gasteiger partial charge is 0.370 e. The van der Waals surface area contributed by atoms with E-state index in [4.69, 9.17) is 0 Å². The van der Waals surface area contributed by atoms with Crippen LogP contribution in [0, 0.1) is 12.3 Å². The summed E-state index contributed by atoms with van der Waals surface area (Å²) in [4.78, 5) is 9.29. The lowest BCUT2D eigenvalue weighted by molar-refractivity contribution is 0.389. The average Bonchev–Trinajstić information content (AvgIpc) is 2.32. The summed E-state index contributed by atoms with van der Waals surface area (Å²) in [6.07, 6.45) is 1.12. The molecule has 2 N–H and O–H groups in total. The van der Waals surface area contributed by atoms with Crippen molar-refractivity contribution >= 4 is 11.6 Å². The minimum absolute atomic E-state index is 0.330. The van der Waals surface area contributed by atoms with Crippen molar-refractivity contribution in [2.45, 2.75) is 60.8 Å². The van der Waals surface area contributed by atoms with Crippen LogP contribution in [0.4, 0.5) is 11.6 Å². The molecule has 1 heterocycles. The fourth-order valence-corrected chi connectivity index (χ4v) is 1.86. The zero-order chi connectivity index (χ0) is 15.3. The molecule has 0 aliphatic heterocycles. The molecule has 0 unspecified atom stereocenters. The summed E-state index contributed by atoms with van der Waals surface area (Å²) in [5.41, 5.74) is 1.43. The van der Waals surface area contributed by atoms with Crippen molar-refractivity contribution in [3.05, 3.63) is 11.4 Å². The van der Waals surface area contributed by atoms with Gasteiger partial charge in [0.1, 0.15) is 17.5 Å². The van der Waals surface area contributed by atoms with Crippen LogP contribution in [0.15, 0.2) is 0 Å². The Hall–Kier alpha value is -1.32. The van der Waals surface area contributed by atoms with Crippen LogP contribution in [0.3, 0.4) is 0 Å². The molecule has 0 bridgehead atoms. The summed E-state index contributed by atoms with van der Waals surface area (Å²) >= 11 is 0. The van der Waals surface area contributed by atoms with Gasteiger partial charge in [-0.25, -0.2) is 9.97 Å². The maximum absolute atomic E-state index is 4.67. The zero-order valence-corrected chi connectivity index (χ0v) is 14.1. The molecule has 0 amide bonds. The third kappa shape index (κ3) is 4.99. The minimum atomic E-state index is 0.330. The Morgan fingerprint density at radius 1 is 1.05 bits per heavy atom. The molecule has 0 spiro atoms. The normalized spacial score (nSPS) is 11.8. The quantitative estimate of drug-likeness (QED) is 0.819. The number of hydrogen-bond donors (Lipinski definition) is 2. The molecule has 4 nitrogen and oxygen atoms in total. The van der Waals surface area contributed by atoms with Crippen LogP contribution in [0.25, 0.3) is 0 Å². The van der Waals surface area contributed by atoms with E-state index in [-0.39, 0.29) is 0 Å². The number of hydrogen-bond acceptors (Lipinski definition) is 4. The Kier molecular flexibility index (Phi) is 5.78. The molecule has 114 valence electrons. The number of anilines is 2. The lowest BCUT2D eigenvalue weighted by Gasteiger charge is -2.20. The van der Waals surface area contributed by atoms with Gasteiger partial charge in [-0.2, -0.15) is 0 Å². The maximum atomic E-state index is 4.67. The molecular formula is C16H30N4. The molecule has 1 aromatic rings. The van der Waals surface area contributed by atoms with Gasteiger partial charge in [-0.05, 0) is 25.7 Å². The molecule has 0 radical (unpaired) electrons. The summed E-state index contributed by atoms with van der Waals surface area (Å²) in [6.45, 7) is 17.0. The first-order chi connectivity index (χ1) is 9.24. The van der Waals surface area contributed by atoms with Crippen molar-refractivity contribution < 1.29 is 0 Å². The van der Waals surface area contributed by atoms with Gasteiger partial charge in [0.05, 0.1) is 0 Å². The highest BCUT2D eigenvalue weighted by Gasteiger charge is 2.14. The lowest BCUT2D eigenvalue weighted by Crippen LogP contribution is -2.16. The molecule has 4 heteroatoms. The molecule has 0 atom stereocenters. The second kappa shape index (κ2) is 6.91.